The number of fused-ring (bicyclic) bond motifs is 1. The second kappa shape index (κ2) is 7.17. The van der Waals surface area contributed by atoms with Crippen LogP contribution in [0.25, 0.3) is 22.2 Å². The van der Waals surface area contributed by atoms with Crippen LogP contribution < -0.4 is 9.46 Å². The molecule has 1 spiro atoms. The number of carboxylic acid groups (broad SMARTS) is 1. The van der Waals surface area contributed by atoms with Crippen molar-refractivity contribution < 1.29 is 27.4 Å². The van der Waals surface area contributed by atoms with E-state index in [1.807, 2.05) is 12.1 Å². The molecule has 1 saturated heterocycles. The Morgan fingerprint density at radius 3 is 2.72 bits per heavy atom. The molecular formula is C21H21FN4O5S. The first-order valence-corrected chi connectivity index (χ1v) is 11.5. The number of pyridine rings is 1. The number of benzene rings is 1. The fraction of sp³-hybridized carbons (Fsp3) is 0.333. The first kappa shape index (κ1) is 20.7. The smallest absolute Gasteiger partial charge is 0.419 e. The zero-order valence-electron chi connectivity index (χ0n) is 17.1. The predicted octanol–water partition coefficient (Wildman–Crippen LogP) is 3.07. The fourth-order valence-corrected chi connectivity index (χ4v) is 6.14. The zero-order valence-corrected chi connectivity index (χ0v) is 17.9. The maximum atomic E-state index is 13.9. The van der Waals surface area contributed by atoms with Crippen molar-refractivity contribution in [2.75, 3.05) is 20.2 Å². The lowest BCUT2D eigenvalue weighted by atomic mass is 9.58. The SMILES string of the molecule is COc1ccc(F)cc1-c1ccnc2[nH]c(C3CC4(C3)CN(S(=O)(=O)NC(=O)O)C4)cc12. The molecule has 1 aliphatic heterocycles. The molecular weight excluding hydrogens is 439 g/mol. The van der Waals surface area contributed by atoms with Crippen LogP contribution in [0.5, 0.6) is 5.75 Å². The summed E-state index contributed by atoms with van der Waals surface area (Å²) in [5.74, 6) is 0.420. The van der Waals surface area contributed by atoms with Gasteiger partial charge in [-0.3, -0.25) is 0 Å². The summed E-state index contributed by atoms with van der Waals surface area (Å²) >= 11 is 0. The minimum atomic E-state index is -4.00. The number of carbonyl (C=O) groups is 1. The van der Waals surface area contributed by atoms with E-state index in [9.17, 15) is 17.6 Å². The highest BCUT2D eigenvalue weighted by Crippen LogP contribution is 2.56. The molecule has 1 aromatic carbocycles. The maximum absolute atomic E-state index is 13.9. The number of methoxy groups -OCH3 is 1. The molecule has 3 N–H and O–H groups in total. The van der Waals surface area contributed by atoms with Crippen molar-refractivity contribution in [1.29, 1.82) is 0 Å². The second-order valence-corrected chi connectivity index (χ2v) is 10.1. The molecule has 3 aromatic rings. The number of ether oxygens (including phenoxy) is 1. The molecule has 1 saturated carbocycles. The van der Waals surface area contributed by atoms with E-state index in [1.54, 1.807) is 24.1 Å². The Hall–Kier alpha value is -3.18. The number of amides is 1. The van der Waals surface area contributed by atoms with E-state index >= 15 is 0 Å². The van der Waals surface area contributed by atoms with Crippen LogP contribution in [0.1, 0.15) is 24.5 Å². The van der Waals surface area contributed by atoms with Crippen LogP contribution >= 0.6 is 0 Å². The van der Waals surface area contributed by atoms with Crippen LogP contribution in [0.15, 0.2) is 36.5 Å². The van der Waals surface area contributed by atoms with E-state index in [1.165, 1.54) is 12.1 Å². The van der Waals surface area contributed by atoms with E-state index in [0.717, 1.165) is 33.8 Å². The van der Waals surface area contributed by atoms with Gasteiger partial charge in [0.05, 0.1) is 7.11 Å². The maximum Gasteiger partial charge on any atom is 0.419 e. The lowest BCUT2D eigenvalue weighted by Gasteiger charge is -2.57. The molecule has 9 nitrogen and oxygen atoms in total. The highest BCUT2D eigenvalue weighted by molar-refractivity contribution is 7.87. The Kier molecular flexibility index (Phi) is 4.64. The number of hydrogen-bond donors (Lipinski definition) is 3. The molecule has 11 heteroatoms. The number of hydrogen-bond acceptors (Lipinski definition) is 5. The lowest BCUT2D eigenvalue weighted by molar-refractivity contribution is -0.0270. The number of aromatic amines is 1. The standard InChI is InChI=1S/C21H21FN4O5S/c1-31-18-3-2-13(22)6-15(18)14-4-5-23-19-16(14)7-17(24-19)12-8-21(9-12)10-26(11-21)32(29,30)25-20(27)28/h2-7,12,25H,8-11H2,1H3,(H,23,24)(H,27,28). The minimum absolute atomic E-state index is 0.128. The Bertz CT molecular complexity index is 1330. The van der Waals surface area contributed by atoms with Crippen LogP contribution in [-0.4, -0.2) is 54.1 Å². The van der Waals surface area contributed by atoms with Gasteiger partial charge in [-0.15, -0.1) is 0 Å². The normalized spacial score (nSPS) is 18.3. The lowest BCUT2D eigenvalue weighted by Crippen LogP contribution is -2.65. The van der Waals surface area contributed by atoms with Crippen LogP contribution in [-0.2, 0) is 10.2 Å². The van der Waals surface area contributed by atoms with Gasteiger partial charge in [0.15, 0.2) is 0 Å². The molecule has 3 heterocycles. The summed E-state index contributed by atoms with van der Waals surface area (Å²) < 4.78 is 45.9. The van der Waals surface area contributed by atoms with Gasteiger partial charge >= 0.3 is 16.3 Å². The largest absolute Gasteiger partial charge is 0.496 e. The minimum Gasteiger partial charge on any atom is -0.496 e. The van der Waals surface area contributed by atoms with Gasteiger partial charge in [-0.2, -0.15) is 12.7 Å². The number of halogens is 1. The Morgan fingerprint density at radius 1 is 1.28 bits per heavy atom. The van der Waals surface area contributed by atoms with Crippen LogP contribution in [0.4, 0.5) is 9.18 Å². The summed E-state index contributed by atoms with van der Waals surface area (Å²) in [6.07, 6.45) is 1.65. The number of nitrogens with zero attached hydrogens (tertiary/aromatic N) is 2. The third-order valence-electron chi connectivity index (χ3n) is 6.38. The van der Waals surface area contributed by atoms with E-state index in [4.69, 9.17) is 9.84 Å². The van der Waals surface area contributed by atoms with Crippen molar-refractivity contribution in [1.82, 2.24) is 19.0 Å². The average molecular weight is 460 g/mol. The van der Waals surface area contributed by atoms with Gasteiger partial charge in [0.2, 0.25) is 0 Å². The first-order valence-electron chi connectivity index (χ1n) is 10.0. The second-order valence-electron chi connectivity index (χ2n) is 8.48. The Morgan fingerprint density at radius 2 is 2.03 bits per heavy atom. The molecule has 0 radical (unpaired) electrons. The van der Waals surface area contributed by atoms with Gasteiger partial charge in [-0.25, -0.2) is 18.9 Å². The van der Waals surface area contributed by atoms with Crippen LogP contribution in [0, 0.1) is 11.2 Å². The highest BCUT2D eigenvalue weighted by atomic mass is 32.2. The molecule has 32 heavy (non-hydrogen) atoms. The molecule has 5 rings (SSSR count). The molecule has 2 aromatic heterocycles. The van der Waals surface area contributed by atoms with E-state index in [-0.39, 0.29) is 17.2 Å². The predicted molar refractivity (Wildman–Crippen MR) is 114 cm³/mol. The summed E-state index contributed by atoms with van der Waals surface area (Å²) in [4.78, 5) is 18.4. The van der Waals surface area contributed by atoms with Gasteiger partial charge in [0.25, 0.3) is 0 Å². The van der Waals surface area contributed by atoms with Crippen molar-refractivity contribution in [3.05, 3.63) is 48.0 Å². The van der Waals surface area contributed by atoms with Gasteiger partial charge in [0.1, 0.15) is 17.2 Å². The number of aromatic nitrogens is 2. The van der Waals surface area contributed by atoms with Crippen molar-refractivity contribution in [2.24, 2.45) is 5.41 Å². The van der Waals surface area contributed by atoms with Crippen molar-refractivity contribution in [3.63, 3.8) is 0 Å². The van der Waals surface area contributed by atoms with Crippen LogP contribution in [0.2, 0.25) is 0 Å². The summed E-state index contributed by atoms with van der Waals surface area (Å²) in [7, 11) is -2.45. The molecule has 1 amide bonds. The Labute approximate surface area is 183 Å². The molecule has 0 unspecified atom stereocenters. The van der Waals surface area contributed by atoms with Crippen molar-refractivity contribution >= 4 is 27.3 Å². The fourth-order valence-electron chi connectivity index (χ4n) is 4.90. The molecule has 0 bridgehead atoms. The molecule has 0 atom stereocenters. The molecule has 1 aliphatic carbocycles. The van der Waals surface area contributed by atoms with Gasteiger partial charge in [0, 0.05) is 41.8 Å². The molecule has 168 valence electrons. The highest BCUT2D eigenvalue weighted by Gasteiger charge is 2.56. The number of H-pyrrole nitrogens is 1. The third kappa shape index (κ3) is 3.37. The molecule has 2 fully saturated rings. The summed E-state index contributed by atoms with van der Waals surface area (Å²) in [6.45, 7) is 0.604. The van der Waals surface area contributed by atoms with Gasteiger partial charge in [-0.1, -0.05) is 0 Å². The number of nitrogens with one attached hydrogen (secondary N) is 2. The monoisotopic (exact) mass is 460 g/mol. The topological polar surface area (TPSA) is 125 Å². The quantitative estimate of drug-likeness (QED) is 0.538. The van der Waals surface area contributed by atoms with Gasteiger partial charge in [-0.05, 0) is 54.2 Å². The third-order valence-corrected chi connectivity index (χ3v) is 7.75. The van der Waals surface area contributed by atoms with Crippen molar-refractivity contribution in [3.8, 4) is 16.9 Å². The van der Waals surface area contributed by atoms with Crippen molar-refractivity contribution in [2.45, 2.75) is 18.8 Å². The number of rotatable bonds is 5. The summed E-state index contributed by atoms with van der Waals surface area (Å²) in [5, 5.41) is 9.53. The van der Waals surface area contributed by atoms with Gasteiger partial charge < -0.3 is 14.8 Å². The molecule has 2 aliphatic rings. The average Bonchev–Trinajstić information content (AvgIpc) is 3.08. The first-order chi connectivity index (χ1) is 15.2. The van der Waals surface area contributed by atoms with Crippen LogP contribution in [0.3, 0.4) is 0 Å². The van der Waals surface area contributed by atoms with E-state index in [2.05, 4.69) is 9.97 Å². The van der Waals surface area contributed by atoms with E-state index in [0.29, 0.717) is 30.0 Å². The van der Waals surface area contributed by atoms with E-state index < -0.39 is 16.3 Å². The zero-order chi connectivity index (χ0) is 22.7. The summed E-state index contributed by atoms with van der Waals surface area (Å²) in [6, 6.07) is 8.22. The summed E-state index contributed by atoms with van der Waals surface area (Å²) in [5.41, 5.74) is 3.00. The Balaban J connectivity index is 1.36.